The second-order valence-corrected chi connectivity index (χ2v) is 4.70. The van der Waals surface area contributed by atoms with Crippen molar-refractivity contribution in [3.8, 4) is 0 Å². The first-order valence-electron chi connectivity index (χ1n) is 5.75. The number of hydrogen-bond donors (Lipinski definition) is 3. The number of anilines is 1. The van der Waals surface area contributed by atoms with Crippen molar-refractivity contribution in [1.82, 2.24) is 5.32 Å². The third-order valence-corrected chi connectivity index (χ3v) is 2.76. The normalized spacial score (nSPS) is 12.6. The third kappa shape index (κ3) is 5.14. The van der Waals surface area contributed by atoms with Crippen LogP contribution in [0.1, 0.15) is 12.5 Å². The lowest BCUT2D eigenvalue weighted by molar-refractivity contribution is -0.141. The number of nitrogens with one attached hydrogen (secondary N) is 2. The van der Waals surface area contributed by atoms with Crippen LogP contribution in [0.2, 0.25) is 5.02 Å². The van der Waals surface area contributed by atoms with Gasteiger partial charge in [0.15, 0.2) is 0 Å². The average Bonchev–Trinajstić information content (AvgIpc) is 2.36. The monoisotopic (exact) mass is 324 g/mol. The molecule has 1 rings (SSSR count). The van der Waals surface area contributed by atoms with E-state index in [0.29, 0.717) is 6.07 Å². The van der Waals surface area contributed by atoms with Crippen LogP contribution in [-0.4, -0.2) is 23.7 Å². The van der Waals surface area contributed by atoms with E-state index < -0.39 is 35.3 Å². The Hall–Kier alpha value is -1.96. The number of alkyl halides is 3. The van der Waals surface area contributed by atoms with Gasteiger partial charge in [-0.2, -0.15) is 13.2 Å². The van der Waals surface area contributed by atoms with Crippen LogP contribution >= 0.6 is 11.6 Å². The topological polar surface area (TPSA) is 78.4 Å². The fourth-order valence-corrected chi connectivity index (χ4v) is 1.53. The number of urea groups is 1. The standard InChI is InChI=1S/C12H12ClF3N2O3/c1-6(10(19)20)5-17-11(21)18-9-3-2-7(13)4-8(9)12(14,15)16/h2-4,6H,5H2,1H3,(H,19,20)(H2,17,18,21). The number of carbonyl (C=O) groups is 2. The molecule has 0 aliphatic heterocycles. The van der Waals surface area contributed by atoms with E-state index in [1.807, 2.05) is 5.32 Å². The van der Waals surface area contributed by atoms with Crippen LogP contribution < -0.4 is 10.6 Å². The Labute approximate surface area is 123 Å². The van der Waals surface area contributed by atoms with Gasteiger partial charge in [0.2, 0.25) is 0 Å². The van der Waals surface area contributed by atoms with E-state index in [9.17, 15) is 22.8 Å². The first-order valence-corrected chi connectivity index (χ1v) is 6.13. The number of benzene rings is 1. The van der Waals surface area contributed by atoms with Crippen molar-refractivity contribution in [1.29, 1.82) is 0 Å². The van der Waals surface area contributed by atoms with E-state index in [2.05, 4.69) is 5.32 Å². The molecule has 0 aliphatic rings. The van der Waals surface area contributed by atoms with E-state index >= 15 is 0 Å². The van der Waals surface area contributed by atoms with E-state index in [0.717, 1.165) is 6.07 Å². The molecule has 0 radical (unpaired) electrons. The van der Waals surface area contributed by atoms with Crippen LogP contribution in [0.5, 0.6) is 0 Å². The number of halogens is 4. The zero-order valence-corrected chi connectivity index (χ0v) is 11.5. The molecule has 3 N–H and O–H groups in total. The summed E-state index contributed by atoms with van der Waals surface area (Å²) in [7, 11) is 0. The van der Waals surface area contributed by atoms with Crippen LogP contribution in [0.4, 0.5) is 23.7 Å². The number of amides is 2. The van der Waals surface area contributed by atoms with Crippen molar-refractivity contribution < 1.29 is 27.9 Å². The number of carboxylic acids is 1. The van der Waals surface area contributed by atoms with Crippen LogP contribution in [0.15, 0.2) is 18.2 Å². The van der Waals surface area contributed by atoms with Crippen LogP contribution in [0.25, 0.3) is 0 Å². The molecular formula is C12H12ClF3N2O3. The maximum absolute atomic E-state index is 12.8. The van der Waals surface area contributed by atoms with Crippen LogP contribution in [-0.2, 0) is 11.0 Å². The van der Waals surface area contributed by atoms with Gasteiger partial charge in [-0.15, -0.1) is 0 Å². The van der Waals surface area contributed by atoms with E-state index in [1.165, 1.54) is 13.0 Å². The van der Waals surface area contributed by atoms with Gasteiger partial charge >= 0.3 is 18.2 Å². The summed E-state index contributed by atoms with van der Waals surface area (Å²) in [6.07, 6.45) is -4.68. The lowest BCUT2D eigenvalue weighted by Gasteiger charge is -2.15. The summed E-state index contributed by atoms with van der Waals surface area (Å²) < 4.78 is 38.4. The predicted molar refractivity (Wildman–Crippen MR) is 70.3 cm³/mol. The third-order valence-electron chi connectivity index (χ3n) is 2.53. The summed E-state index contributed by atoms with van der Waals surface area (Å²) in [5, 5.41) is 12.7. The molecule has 0 spiro atoms. The second-order valence-electron chi connectivity index (χ2n) is 4.26. The van der Waals surface area contributed by atoms with Gasteiger partial charge in [-0.25, -0.2) is 4.79 Å². The molecule has 1 aromatic rings. The number of carboxylic acid groups (broad SMARTS) is 1. The summed E-state index contributed by atoms with van der Waals surface area (Å²) in [5.74, 6) is -1.99. The fourth-order valence-electron chi connectivity index (χ4n) is 1.36. The molecule has 0 bridgehead atoms. The predicted octanol–water partition coefficient (Wildman–Crippen LogP) is 3.20. The minimum Gasteiger partial charge on any atom is -0.481 e. The molecule has 1 atom stereocenters. The Morgan fingerprint density at radius 2 is 2.00 bits per heavy atom. The van der Waals surface area contributed by atoms with Gasteiger partial charge < -0.3 is 15.7 Å². The molecule has 0 aromatic heterocycles. The van der Waals surface area contributed by atoms with Gasteiger partial charge in [0.1, 0.15) is 0 Å². The number of hydrogen-bond acceptors (Lipinski definition) is 2. The van der Waals surface area contributed by atoms with Gasteiger partial charge in [0.25, 0.3) is 0 Å². The summed E-state index contributed by atoms with van der Waals surface area (Å²) in [4.78, 5) is 22.0. The molecule has 0 saturated carbocycles. The Bertz CT molecular complexity index is 549. The quantitative estimate of drug-likeness (QED) is 0.795. The molecule has 1 unspecified atom stereocenters. The first kappa shape index (κ1) is 17.1. The average molecular weight is 325 g/mol. The van der Waals surface area contributed by atoms with Gasteiger partial charge in [-0.05, 0) is 18.2 Å². The molecular weight excluding hydrogens is 313 g/mol. The van der Waals surface area contributed by atoms with Gasteiger partial charge in [-0.1, -0.05) is 18.5 Å². The summed E-state index contributed by atoms with van der Waals surface area (Å²) in [6, 6.07) is 1.98. The molecule has 0 aliphatic carbocycles. The largest absolute Gasteiger partial charge is 0.481 e. The Morgan fingerprint density at radius 3 is 2.52 bits per heavy atom. The van der Waals surface area contributed by atoms with Gasteiger partial charge in [-0.3, -0.25) is 4.79 Å². The fraction of sp³-hybridized carbons (Fsp3) is 0.333. The minimum atomic E-state index is -4.68. The molecule has 2 amide bonds. The second kappa shape index (κ2) is 6.66. The number of rotatable bonds is 4. The van der Waals surface area contributed by atoms with E-state index in [-0.39, 0.29) is 11.6 Å². The van der Waals surface area contributed by atoms with Crippen molar-refractivity contribution in [2.24, 2.45) is 5.92 Å². The highest BCUT2D eigenvalue weighted by Crippen LogP contribution is 2.36. The molecule has 0 heterocycles. The van der Waals surface area contributed by atoms with E-state index in [1.54, 1.807) is 0 Å². The highest BCUT2D eigenvalue weighted by atomic mass is 35.5. The van der Waals surface area contributed by atoms with Crippen molar-refractivity contribution in [3.05, 3.63) is 28.8 Å². The summed E-state index contributed by atoms with van der Waals surface area (Å²) in [5.41, 5.74) is -1.55. The smallest absolute Gasteiger partial charge is 0.418 e. The van der Waals surface area contributed by atoms with Crippen LogP contribution in [0, 0.1) is 5.92 Å². The van der Waals surface area contributed by atoms with Crippen molar-refractivity contribution >= 4 is 29.3 Å². The lowest BCUT2D eigenvalue weighted by atomic mass is 10.1. The molecule has 5 nitrogen and oxygen atoms in total. The Morgan fingerprint density at radius 1 is 1.38 bits per heavy atom. The zero-order valence-electron chi connectivity index (χ0n) is 10.8. The molecule has 0 saturated heterocycles. The Balaban J connectivity index is 2.79. The first-order chi connectivity index (χ1) is 9.61. The van der Waals surface area contributed by atoms with Crippen molar-refractivity contribution in [3.63, 3.8) is 0 Å². The van der Waals surface area contributed by atoms with Crippen molar-refractivity contribution in [2.75, 3.05) is 11.9 Å². The molecule has 1 aromatic carbocycles. The maximum atomic E-state index is 12.8. The summed E-state index contributed by atoms with van der Waals surface area (Å²) >= 11 is 5.50. The summed E-state index contributed by atoms with van der Waals surface area (Å²) in [6.45, 7) is 1.14. The number of aliphatic carboxylic acids is 1. The molecule has 9 heteroatoms. The molecule has 21 heavy (non-hydrogen) atoms. The molecule has 0 fully saturated rings. The Kier molecular flexibility index (Phi) is 5.42. The van der Waals surface area contributed by atoms with Gasteiger partial charge in [0.05, 0.1) is 17.2 Å². The maximum Gasteiger partial charge on any atom is 0.418 e. The minimum absolute atomic E-state index is 0.118. The van der Waals surface area contributed by atoms with Gasteiger partial charge in [0, 0.05) is 11.6 Å². The van der Waals surface area contributed by atoms with Crippen molar-refractivity contribution in [2.45, 2.75) is 13.1 Å². The zero-order chi connectivity index (χ0) is 16.2. The highest BCUT2D eigenvalue weighted by molar-refractivity contribution is 6.30. The van der Waals surface area contributed by atoms with Crippen LogP contribution in [0.3, 0.4) is 0 Å². The number of carbonyl (C=O) groups excluding carboxylic acids is 1. The lowest BCUT2D eigenvalue weighted by Crippen LogP contribution is -2.35. The highest BCUT2D eigenvalue weighted by Gasteiger charge is 2.34. The van der Waals surface area contributed by atoms with E-state index in [4.69, 9.17) is 16.7 Å². The SMILES string of the molecule is CC(CNC(=O)Nc1ccc(Cl)cc1C(F)(F)F)C(=O)O. The molecule has 116 valence electrons.